The average molecular weight is 270 g/mol. The minimum Gasteiger partial charge on any atom is -0.444 e. The van der Waals surface area contributed by atoms with Gasteiger partial charge in [0.25, 0.3) is 8.46 Å². The molecule has 0 fully saturated rings. The molecule has 0 bridgehead atoms. The first-order valence-corrected chi connectivity index (χ1v) is 7.84. The van der Waals surface area contributed by atoms with Crippen molar-refractivity contribution in [3.8, 4) is 5.75 Å². The quantitative estimate of drug-likeness (QED) is 0.638. The molecule has 0 saturated heterocycles. The molecule has 0 spiro atoms. The van der Waals surface area contributed by atoms with E-state index in [4.69, 9.17) is 4.52 Å². The number of benzene rings is 1. The van der Waals surface area contributed by atoms with Crippen LogP contribution in [0.15, 0.2) is 18.2 Å². The molecule has 0 radical (unpaired) electrons. The Morgan fingerprint density at radius 3 is 1.94 bits per heavy atom. The molecule has 0 aromatic heterocycles. The van der Waals surface area contributed by atoms with E-state index in [0.29, 0.717) is 5.75 Å². The van der Waals surface area contributed by atoms with Crippen molar-refractivity contribution in [1.82, 2.24) is 0 Å². The Morgan fingerprint density at radius 2 is 1.56 bits per heavy atom. The summed E-state index contributed by atoms with van der Waals surface area (Å²) in [6.07, 6.45) is 0. The van der Waals surface area contributed by atoms with Gasteiger partial charge in [0, 0.05) is 12.2 Å². The second-order valence-corrected chi connectivity index (χ2v) is 7.75. The normalized spacial score (nSPS) is 14.4. The predicted octanol–water partition coefficient (Wildman–Crippen LogP) is 5.57. The lowest BCUT2D eigenvalue weighted by molar-refractivity contribution is 0.513. The van der Waals surface area contributed by atoms with E-state index in [2.05, 4.69) is 47.6 Å². The maximum Gasteiger partial charge on any atom is 0.272 e. The summed E-state index contributed by atoms with van der Waals surface area (Å²) in [6, 6.07) is 6.08. The van der Waals surface area contributed by atoms with Crippen molar-refractivity contribution in [1.29, 1.82) is 0 Å². The van der Waals surface area contributed by atoms with Crippen LogP contribution in [-0.2, 0) is 10.8 Å². The first-order valence-electron chi connectivity index (χ1n) is 6.24. The van der Waals surface area contributed by atoms with Gasteiger partial charge in [-0.05, 0) is 22.5 Å². The molecule has 1 aromatic rings. The third kappa shape index (κ3) is 3.95. The van der Waals surface area contributed by atoms with Crippen molar-refractivity contribution in [2.75, 3.05) is 6.66 Å². The monoisotopic (exact) mass is 270 g/mol. The van der Waals surface area contributed by atoms with Gasteiger partial charge in [0.2, 0.25) is 0 Å². The Bertz CT molecular complexity index is 413. The lowest BCUT2D eigenvalue weighted by atomic mass is 9.80. The molecule has 0 heterocycles. The Kier molecular flexibility index (Phi) is 4.43. The topological polar surface area (TPSA) is 9.23 Å². The molecule has 0 amide bonds. The van der Waals surface area contributed by atoms with Gasteiger partial charge in [-0.3, -0.25) is 0 Å². The molecule has 102 valence electrons. The van der Waals surface area contributed by atoms with Crippen LogP contribution >= 0.6 is 8.46 Å². The zero-order chi connectivity index (χ0) is 14.1. The molecule has 1 unspecified atom stereocenters. The molecule has 0 aliphatic carbocycles. The molecule has 1 rings (SSSR count). The van der Waals surface area contributed by atoms with Gasteiger partial charge in [-0.1, -0.05) is 53.7 Å². The average Bonchev–Trinajstić information content (AvgIpc) is 2.13. The van der Waals surface area contributed by atoms with Crippen LogP contribution in [-0.4, -0.2) is 6.66 Å². The highest BCUT2D eigenvalue weighted by Gasteiger charge is 2.23. The van der Waals surface area contributed by atoms with Crippen LogP contribution in [0.4, 0.5) is 4.20 Å². The van der Waals surface area contributed by atoms with Gasteiger partial charge in [0.15, 0.2) is 0 Å². The van der Waals surface area contributed by atoms with Gasteiger partial charge in [0.1, 0.15) is 5.75 Å². The van der Waals surface area contributed by atoms with Crippen molar-refractivity contribution in [2.24, 2.45) is 0 Å². The highest BCUT2D eigenvalue weighted by atomic mass is 31.2. The number of hydrogen-bond donors (Lipinski definition) is 0. The zero-order valence-corrected chi connectivity index (χ0v) is 13.4. The third-order valence-corrected chi connectivity index (χ3v) is 3.33. The molecule has 0 saturated carbocycles. The van der Waals surface area contributed by atoms with Crippen LogP contribution in [0, 0.1) is 0 Å². The molecule has 1 aromatic carbocycles. The van der Waals surface area contributed by atoms with Gasteiger partial charge in [-0.15, -0.1) is 0 Å². The zero-order valence-electron chi connectivity index (χ0n) is 12.5. The maximum absolute atomic E-state index is 13.1. The van der Waals surface area contributed by atoms with Crippen molar-refractivity contribution >= 4 is 8.46 Å². The lowest BCUT2D eigenvalue weighted by Gasteiger charge is -2.27. The minimum atomic E-state index is -1.88. The molecule has 1 nitrogen and oxygen atoms in total. The highest BCUT2D eigenvalue weighted by Crippen LogP contribution is 2.42. The Morgan fingerprint density at radius 1 is 1.00 bits per heavy atom. The first kappa shape index (κ1) is 15.4. The van der Waals surface area contributed by atoms with E-state index in [1.807, 2.05) is 12.1 Å². The summed E-state index contributed by atoms with van der Waals surface area (Å²) >= 11 is 0. The Hall–Kier alpha value is -0.620. The summed E-state index contributed by atoms with van der Waals surface area (Å²) in [7, 11) is -1.88. The fourth-order valence-electron chi connectivity index (χ4n) is 1.80. The Balaban J connectivity index is 3.30. The van der Waals surface area contributed by atoms with Crippen LogP contribution in [0.2, 0.25) is 0 Å². The maximum atomic E-state index is 13.1. The number of halogens is 1. The summed E-state index contributed by atoms with van der Waals surface area (Å²) in [6.45, 7) is 14.4. The van der Waals surface area contributed by atoms with E-state index in [1.165, 1.54) is 12.2 Å². The van der Waals surface area contributed by atoms with Crippen LogP contribution in [0.25, 0.3) is 0 Å². The summed E-state index contributed by atoms with van der Waals surface area (Å²) in [4.78, 5) is 0. The smallest absolute Gasteiger partial charge is 0.272 e. The predicted molar refractivity (Wildman–Crippen MR) is 78.4 cm³/mol. The van der Waals surface area contributed by atoms with E-state index in [9.17, 15) is 4.20 Å². The van der Waals surface area contributed by atoms with Gasteiger partial charge in [-0.2, -0.15) is 4.20 Å². The number of hydrogen-bond acceptors (Lipinski definition) is 1. The van der Waals surface area contributed by atoms with E-state index >= 15 is 0 Å². The largest absolute Gasteiger partial charge is 0.444 e. The molecule has 0 aliphatic heterocycles. The molecule has 18 heavy (non-hydrogen) atoms. The lowest BCUT2D eigenvalue weighted by Crippen LogP contribution is -2.17. The standard InChI is InChI=1S/C15H24FOP/c1-14(2,3)11-8-9-13(17-18(7)16)12(10-11)15(4,5)6/h8-10H,1-7H3. The van der Waals surface area contributed by atoms with Gasteiger partial charge in [0.05, 0.1) is 0 Å². The van der Waals surface area contributed by atoms with Crippen LogP contribution in [0.1, 0.15) is 52.7 Å². The van der Waals surface area contributed by atoms with E-state index in [0.717, 1.165) is 5.56 Å². The molecule has 0 aliphatic rings. The van der Waals surface area contributed by atoms with Crippen LogP contribution in [0.3, 0.4) is 0 Å². The molecular weight excluding hydrogens is 246 g/mol. The fraction of sp³-hybridized carbons (Fsp3) is 0.600. The first-order chi connectivity index (χ1) is 8.01. The Labute approximate surface area is 112 Å². The molecule has 0 N–H and O–H groups in total. The van der Waals surface area contributed by atoms with E-state index < -0.39 is 8.46 Å². The summed E-state index contributed by atoms with van der Waals surface area (Å²) in [5, 5.41) is 0. The van der Waals surface area contributed by atoms with E-state index in [-0.39, 0.29) is 10.8 Å². The highest BCUT2D eigenvalue weighted by molar-refractivity contribution is 7.46. The fourth-order valence-corrected chi connectivity index (χ4v) is 2.23. The van der Waals surface area contributed by atoms with Crippen molar-refractivity contribution < 1.29 is 8.72 Å². The van der Waals surface area contributed by atoms with Gasteiger partial charge < -0.3 is 4.52 Å². The van der Waals surface area contributed by atoms with Crippen LogP contribution < -0.4 is 4.52 Å². The summed E-state index contributed by atoms with van der Waals surface area (Å²) < 4.78 is 18.5. The van der Waals surface area contributed by atoms with Crippen molar-refractivity contribution in [3.05, 3.63) is 29.3 Å². The molecular formula is C15H24FOP. The SMILES string of the molecule is CP(F)Oc1ccc(C(C)(C)C)cc1C(C)(C)C. The second kappa shape index (κ2) is 5.17. The van der Waals surface area contributed by atoms with E-state index in [1.54, 1.807) is 0 Å². The van der Waals surface area contributed by atoms with Crippen molar-refractivity contribution in [3.63, 3.8) is 0 Å². The molecule has 1 atom stereocenters. The summed E-state index contributed by atoms with van der Waals surface area (Å²) in [5.74, 6) is 0.673. The van der Waals surface area contributed by atoms with Crippen molar-refractivity contribution in [2.45, 2.75) is 52.4 Å². The number of rotatable bonds is 2. The molecule has 3 heteroatoms. The minimum absolute atomic E-state index is 0.0536. The van der Waals surface area contributed by atoms with Crippen LogP contribution in [0.5, 0.6) is 5.75 Å². The third-order valence-electron chi connectivity index (χ3n) is 2.88. The van der Waals surface area contributed by atoms with Gasteiger partial charge in [-0.25, -0.2) is 0 Å². The second-order valence-electron chi connectivity index (χ2n) is 6.72. The summed E-state index contributed by atoms with van der Waals surface area (Å²) in [5.41, 5.74) is 2.36. The van der Waals surface area contributed by atoms with Gasteiger partial charge >= 0.3 is 0 Å².